The molecule has 2 nitrogen and oxygen atoms in total. The first-order valence-corrected chi connectivity index (χ1v) is 5.46. The van der Waals surface area contributed by atoms with Crippen molar-refractivity contribution >= 4 is 0 Å². The molecule has 1 fully saturated rings. The van der Waals surface area contributed by atoms with Crippen LogP contribution in [-0.2, 0) is 0 Å². The van der Waals surface area contributed by atoms with E-state index in [2.05, 4.69) is 5.32 Å². The van der Waals surface area contributed by atoms with Crippen LogP contribution in [0, 0.1) is 5.82 Å². The van der Waals surface area contributed by atoms with Crippen molar-refractivity contribution in [2.24, 2.45) is 0 Å². The van der Waals surface area contributed by atoms with Crippen LogP contribution in [0.15, 0.2) is 18.2 Å². The number of rotatable bonds is 2. The Kier molecular flexibility index (Phi) is 3.28. The standard InChI is InChI=1S/C12H14F3NO/c1-17-11-3-2-8(13)6-9(11)10-4-5-16-7-12(10,14)15/h2-3,6,10,16H,4-5,7H2,1H3. The summed E-state index contributed by atoms with van der Waals surface area (Å²) in [6.45, 7) is 0.122. The maximum absolute atomic E-state index is 13.8. The van der Waals surface area contributed by atoms with Crippen LogP contribution in [0.1, 0.15) is 17.9 Å². The van der Waals surface area contributed by atoms with Crippen molar-refractivity contribution in [2.75, 3.05) is 20.2 Å². The Morgan fingerprint density at radius 1 is 1.41 bits per heavy atom. The van der Waals surface area contributed by atoms with Crippen molar-refractivity contribution in [1.82, 2.24) is 5.32 Å². The highest BCUT2D eigenvalue weighted by Crippen LogP contribution is 2.41. The molecular formula is C12H14F3NO. The molecular weight excluding hydrogens is 231 g/mol. The zero-order valence-corrected chi connectivity index (χ0v) is 9.47. The predicted octanol–water partition coefficient (Wildman–Crippen LogP) is 2.55. The molecule has 0 amide bonds. The second-order valence-corrected chi connectivity index (χ2v) is 4.17. The molecule has 1 aromatic rings. The Balaban J connectivity index is 2.40. The van der Waals surface area contributed by atoms with Crippen molar-refractivity contribution in [3.05, 3.63) is 29.6 Å². The topological polar surface area (TPSA) is 21.3 Å². The maximum Gasteiger partial charge on any atom is 0.267 e. The van der Waals surface area contributed by atoms with Gasteiger partial charge in [-0.2, -0.15) is 0 Å². The Morgan fingerprint density at radius 3 is 2.82 bits per heavy atom. The minimum absolute atomic E-state index is 0.249. The molecule has 0 saturated carbocycles. The fourth-order valence-electron chi connectivity index (χ4n) is 2.20. The van der Waals surface area contributed by atoms with Gasteiger partial charge >= 0.3 is 0 Å². The molecule has 1 aromatic carbocycles. The van der Waals surface area contributed by atoms with E-state index in [0.717, 1.165) is 6.07 Å². The van der Waals surface area contributed by atoms with Crippen LogP contribution >= 0.6 is 0 Å². The number of piperidine rings is 1. The summed E-state index contributed by atoms with van der Waals surface area (Å²) < 4.78 is 45.7. The zero-order valence-electron chi connectivity index (χ0n) is 9.47. The number of halogens is 3. The number of ether oxygens (including phenoxy) is 1. The molecule has 0 aromatic heterocycles. The van der Waals surface area contributed by atoms with Crippen LogP contribution in [0.5, 0.6) is 5.75 Å². The molecule has 17 heavy (non-hydrogen) atoms. The maximum atomic E-state index is 13.8. The first-order valence-electron chi connectivity index (χ1n) is 5.46. The van der Waals surface area contributed by atoms with Gasteiger partial charge < -0.3 is 10.1 Å². The first-order chi connectivity index (χ1) is 8.04. The lowest BCUT2D eigenvalue weighted by Gasteiger charge is -2.32. The van der Waals surface area contributed by atoms with Gasteiger partial charge in [0.2, 0.25) is 0 Å². The van der Waals surface area contributed by atoms with Crippen LogP contribution in [0.3, 0.4) is 0 Å². The highest BCUT2D eigenvalue weighted by molar-refractivity contribution is 5.38. The Morgan fingerprint density at radius 2 is 2.18 bits per heavy atom. The fraction of sp³-hybridized carbons (Fsp3) is 0.500. The van der Waals surface area contributed by atoms with E-state index in [9.17, 15) is 13.2 Å². The van der Waals surface area contributed by atoms with Crippen LogP contribution in [-0.4, -0.2) is 26.1 Å². The average molecular weight is 245 g/mol. The molecule has 0 spiro atoms. The number of nitrogens with one attached hydrogen (secondary N) is 1. The van der Waals surface area contributed by atoms with Gasteiger partial charge in [-0.05, 0) is 31.2 Å². The third-order valence-electron chi connectivity index (χ3n) is 3.05. The molecule has 1 atom stereocenters. The van der Waals surface area contributed by atoms with Gasteiger partial charge in [-0.3, -0.25) is 0 Å². The Bertz CT molecular complexity index is 409. The quantitative estimate of drug-likeness (QED) is 0.864. The molecule has 2 rings (SSSR count). The van der Waals surface area contributed by atoms with E-state index in [1.807, 2.05) is 0 Å². The van der Waals surface area contributed by atoms with Gasteiger partial charge in [-0.15, -0.1) is 0 Å². The fourth-order valence-corrected chi connectivity index (χ4v) is 2.20. The molecule has 1 N–H and O–H groups in total. The number of hydrogen-bond acceptors (Lipinski definition) is 2. The molecule has 0 bridgehead atoms. The van der Waals surface area contributed by atoms with E-state index in [4.69, 9.17) is 4.74 Å². The summed E-state index contributed by atoms with van der Waals surface area (Å²) >= 11 is 0. The summed E-state index contributed by atoms with van der Waals surface area (Å²) in [6.07, 6.45) is 0.271. The van der Waals surface area contributed by atoms with E-state index in [1.54, 1.807) is 0 Å². The monoisotopic (exact) mass is 245 g/mol. The highest BCUT2D eigenvalue weighted by Gasteiger charge is 2.43. The van der Waals surface area contributed by atoms with Crippen molar-refractivity contribution < 1.29 is 17.9 Å². The number of alkyl halides is 2. The Hall–Kier alpha value is -1.23. The van der Waals surface area contributed by atoms with Crippen molar-refractivity contribution in [2.45, 2.75) is 18.3 Å². The second-order valence-electron chi connectivity index (χ2n) is 4.17. The number of methoxy groups -OCH3 is 1. The Labute approximate surface area is 97.8 Å². The molecule has 1 heterocycles. The number of benzene rings is 1. The van der Waals surface area contributed by atoms with Crippen LogP contribution in [0.2, 0.25) is 0 Å². The predicted molar refractivity (Wildman–Crippen MR) is 58.1 cm³/mol. The van der Waals surface area contributed by atoms with Gasteiger partial charge in [-0.1, -0.05) is 0 Å². The van der Waals surface area contributed by atoms with E-state index in [1.165, 1.54) is 19.2 Å². The molecule has 5 heteroatoms. The van der Waals surface area contributed by atoms with Gasteiger partial charge in [0.05, 0.1) is 19.6 Å². The van der Waals surface area contributed by atoms with Crippen LogP contribution < -0.4 is 10.1 Å². The van der Waals surface area contributed by atoms with Gasteiger partial charge in [0.25, 0.3) is 5.92 Å². The van der Waals surface area contributed by atoms with Crippen LogP contribution in [0.4, 0.5) is 13.2 Å². The normalized spacial score (nSPS) is 23.4. The summed E-state index contributed by atoms with van der Waals surface area (Å²) in [7, 11) is 1.40. The lowest BCUT2D eigenvalue weighted by atomic mass is 9.86. The van der Waals surface area contributed by atoms with E-state index in [-0.39, 0.29) is 18.5 Å². The van der Waals surface area contributed by atoms with E-state index < -0.39 is 17.7 Å². The summed E-state index contributed by atoms with van der Waals surface area (Å²) in [4.78, 5) is 0. The SMILES string of the molecule is COc1ccc(F)cc1C1CCNCC1(F)F. The lowest BCUT2D eigenvalue weighted by Crippen LogP contribution is -2.44. The van der Waals surface area contributed by atoms with Gasteiger partial charge in [0, 0.05) is 5.56 Å². The average Bonchev–Trinajstić information content (AvgIpc) is 2.28. The lowest BCUT2D eigenvalue weighted by molar-refractivity contribution is -0.0426. The molecule has 94 valence electrons. The zero-order chi connectivity index (χ0) is 12.5. The van der Waals surface area contributed by atoms with Crippen molar-refractivity contribution in [3.63, 3.8) is 0 Å². The minimum atomic E-state index is -2.88. The molecule has 1 saturated heterocycles. The van der Waals surface area contributed by atoms with Crippen LogP contribution in [0.25, 0.3) is 0 Å². The number of hydrogen-bond donors (Lipinski definition) is 1. The van der Waals surface area contributed by atoms with E-state index >= 15 is 0 Å². The smallest absolute Gasteiger partial charge is 0.267 e. The van der Waals surface area contributed by atoms with Crippen molar-refractivity contribution in [1.29, 1.82) is 0 Å². The molecule has 1 aliphatic rings. The van der Waals surface area contributed by atoms with Gasteiger partial charge in [-0.25, -0.2) is 13.2 Å². The third-order valence-corrected chi connectivity index (χ3v) is 3.05. The molecule has 0 aliphatic carbocycles. The third kappa shape index (κ3) is 2.39. The van der Waals surface area contributed by atoms with E-state index in [0.29, 0.717) is 12.3 Å². The first kappa shape index (κ1) is 12.2. The second kappa shape index (κ2) is 4.56. The molecule has 1 aliphatic heterocycles. The summed E-state index contributed by atoms with van der Waals surface area (Å²) in [5.41, 5.74) is 0.249. The highest BCUT2D eigenvalue weighted by atomic mass is 19.3. The summed E-state index contributed by atoms with van der Waals surface area (Å²) in [5, 5.41) is 2.64. The summed E-state index contributed by atoms with van der Waals surface area (Å²) in [6, 6.07) is 3.74. The van der Waals surface area contributed by atoms with Crippen molar-refractivity contribution in [3.8, 4) is 5.75 Å². The summed E-state index contributed by atoms with van der Waals surface area (Å²) in [5.74, 6) is -4.07. The molecule has 0 radical (unpaired) electrons. The minimum Gasteiger partial charge on any atom is -0.496 e. The van der Waals surface area contributed by atoms with Gasteiger partial charge in [0.1, 0.15) is 11.6 Å². The van der Waals surface area contributed by atoms with Gasteiger partial charge in [0.15, 0.2) is 0 Å². The molecule has 1 unspecified atom stereocenters. The largest absolute Gasteiger partial charge is 0.496 e.